The van der Waals surface area contributed by atoms with Gasteiger partial charge in [0.15, 0.2) is 0 Å². The molecule has 0 bridgehead atoms. The summed E-state index contributed by atoms with van der Waals surface area (Å²) in [5, 5.41) is 6.46. The van der Waals surface area contributed by atoms with E-state index < -0.39 is 11.7 Å². The maximum absolute atomic E-state index is 12.6. The number of halogens is 3. The molecular weight excluding hydrogens is 341 g/mol. The second kappa shape index (κ2) is 7.74. The summed E-state index contributed by atoms with van der Waals surface area (Å²) in [5.74, 6) is 1.30. The van der Waals surface area contributed by atoms with Crippen LogP contribution in [0.1, 0.15) is 28.1 Å². The summed E-state index contributed by atoms with van der Waals surface area (Å²) >= 11 is 1.40. The number of carbonyl (C=O) groups is 1. The lowest BCUT2D eigenvalue weighted by Gasteiger charge is -2.09. The molecule has 0 aliphatic carbocycles. The molecule has 0 fully saturated rings. The maximum atomic E-state index is 12.6. The summed E-state index contributed by atoms with van der Waals surface area (Å²) in [6, 6.07) is 4.92. The van der Waals surface area contributed by atoms with Crippen molar-refractivity contribution in [2.45, 2.75) is 32.3 Å². The molecule has 0 radical (unpaired) electrons. The first-order valence-corrected chi connectivity index (χ1v) is 8.35. The fourth-order valence-electron chi connectivity index (χ4n) is 2.06. The smallest absolute Gasteiger partial charge is 0.361 e. The molecular formula is C16H17F3N2O2S. The van der Waals surface area contributed by atoms with Crippen LogP contribution in [-0.4, -0.2) is 16.8 Å². The quantitative estimate of drug-likeness (QED) is 0.852. The van der Waals surface area contributed by atoms with Crippen LogP contribution < -0.4 is 5.32 Å². The molecule has 1 amide bonds. The van der Waals surface area contributed by atoms with Gasteiger partial charge in [0.2, 0.25) is 5.91 Å². The average Bonchev–Trinajstić information content (AvgIpc) is 2.84. The highest BCUT2D eigenvalue weighted by atomic mass is 32.2. The lowest BCUT2D eigenvalue weighted by molar-refractivity contribution is -0.137. The summed E-state index contributed by atoms with van der Waals surface area (Å²) in [7, 11) is 0. The molecule has 1 aromatic carbocycles. The van der Waals surface area contributed by atoms with Crippen LogP contribution in [-0.2, 0) is 23.3 Å². The highest BCUT2D eigenvalue weighted by Gasteiger charge is 2.30. The predicted octanol–water partition coefficient (Wildman–Crippen LogP) is 3.86. The minimum atomic E-state index is -4.38. The standard InChI is InChI=1S/C16H17F3N2O2S/c1-10-14(11(2)23-21-10)8-24-9-15(22)20-7-12-4-3-5-13(6-12)16(17,18)19/h3-6H,7-9H2,1-2H3,(H,20,22). The van der Waals surface area contributed by atoms with Crippen molar-refractivity contribution in [3.8, 4) is 0 Å². The molecule has 1 heterocycles. The summed E-state index contributed by atoms with van der Waals surface area (Å²) < 4.78 is 42.9. The third-order valence-corrected chi connectivity index (χ3v) is 4.36. The van der Waals surface area contributed by atoms with Crippen LogP contribution in [0, 0.1) is 13.8 Å². The summed E-state index contributed by atoms with van der Waals surface area (Å²) in [4.78, 5) is 11.8. The maximum Gasteiger partial charge on any atom is 0.416 e. The predicted molar refractivity (Wildman–Crippen MR) is 85.4 cm³/mol. The van der Waals surface area contributed by atoms with E-state index in [1.165, 1.54) is 17.8 Å². The second-order valence-corrected chi connectivity index (χ2v) is 6.26. The zero-order chi connectivity index (χ0) is 17.7. The Balaban J connectivity index is 1.79. The average molecular weight is 358 g/mol. The van der Waals surface area contributed by atoms with Gasteiger partial charge < -0.3 is 9.84 Å². The van der Waals surface area contributed by atoms with Crippen LogP contribution in [0.3, 0.4) is 0 Å². The molecule has 0 spiro atoms. The number of thioether (sulfide) groups is 1. The van der Waals surface area contributed by atoms with Gasteiger partial charge in [-0.3, -0.25) is 4.79 Å². The van der Waals surface area contributed by atoms with Crippen LogP contribution >= 0.6 is 11.8 Å². The Morgan fingerprint density at radius 3 is 2.71 bits per heavy atom. The zero-order valence-electron chi connectivity index (χ0n) is 13.2. The third kappa shape index (κ3) is 5.02. The lowest BCUT2D eigenvalue weighted by Crippen LogP contribution is -2.24. The molecule has 0 aliphatic heterocycles. The molecule has 1 aromatic heterocycles. The van der Waals surface area contributed by atoms with Crippen molar-refractivity contribution in [2.24, 2.45) is 0 Å². The Kier molecular flexibility index (Phi) is 5.93. The summed E-state index contributed by atoms with van der Waals surface area (Å²) in [6.07, 6.45) is -4.38. The van der Waals surface area contributed by atoms with E-state index >= 15 is 0 Å². The normalized spacial score (nSPS) is 11.5. The Morgan fingerprint density at radius 1 is 1.33 bits per heavy atom. The highest BCUT2D eigenvalue weighted by molar-refractivity contribution is 7.99. The van der Waals surface area contributed by atoms with Crippen molar-refractivity contribution >= 4 is 17.7 Å². The van der Waals surface area contributed by atoms with Crippen LogP contribution in [0.4, 0.5) is 13.2 Å². The molecule has 0 atom stereocenters. The van der Waals surface area contributed by atoms with E-state index in [0.29, 0.717) is 11.3 Å². The highest BCUT2D eigenvalue weighted by Crippen LogP contribution is 2.29. The largest absolute Gasteiger partial charge is 0.416 e. The van der Waals surface area contributed by atoms with Crippen molar-refractivity contribution in [1.82, 2.24) is 10.5 Å². The Bertz CT molecular complexity index is 694. The number of hydrogen-bond donors (Lipinski definition) is 1. The summed E-state index contributed by atoms with van der Waals surface area (Å²) in [6.45, 7) is 3.71. The fraction of sp³-hybridized carbons (Fsp3) is 0.375. The van der Waals surface area contributed by atoms with Crippen molar-refractivity contribution in [3.63, 3.8) is 0 Å². The van der Waals surface area contributed by atoms with Gasteiger partial charge in [-0.2, -0.15) is 13.2 Å². The Morgan fingerprint density at radius 2 is 2.08 bits per heavy atom. The van der Waals surface area contributed by atoms with Gasteiger partial charge in [0, 0.05) is 17.9 Å². The van der Waals surface area contributed by atoms with E-state index in [0.717, 1.165) is 29.2 Å². The number of amides is 1. The Hall–Kier alpha value is -1.96. The van der Waals surface area contributed by atoms with E-state index in [-0.39, 0.29) is 18.2 Å². The number of hydrogen-bond acceptors (Lipinski definition) is 4. The van der Waals surface area contributed by atoms with E-state index in [1.807, 2.05) is 13.8 Å². The first-order valence-electron chi connectivity index (χ1n) is 7.19. The molecule has 130 valence electrons. The molecule has 2 rings (SSSR count). The monoisotopic (exact) mass is 358 g/mol. The molecule has 1 N–H and O–H groups in total. The summed E-state index contributed by atoms with van der Waals surface area (Å²) in [5.41, 5.74) is 1.45. The van der Waals surface area contributed by atoms with Gasteiger partial charge in [-0.05, 0) is 31.5 Å². The minimum Gasteiger partial charge on any atom is -0.361 e. The van der Waals surface area contributed by atoms with Gasteiger partial charge in [0.25, 0.3) is 0 Å². The van der Waals surface area contributed by atoms with Crippen molar-refractivity contribution in [1.29, 1.82) is 0 Å². The van der Waals surface area contributed by atoms with E-state index in [4.69, 9.17) is 4.52 Å². The van der Waals surface area contributed by atoms with Gasteiger partial charge in [-0.1, -0.05) is 17.3 Å². The van der Waals surface area contributed by atoms with Crippen molar-refractivity contribution in [3.05, 3.63) is 52.4 Å². The lowest BCUT2D eigenvalue weighted by atomic mass is 10.1. The third-order valence-electron chi connectivity index (χ3n) is 3.40. The number of carbonyl (C=O) groups excluding carboxylic acids is 1. The van der Waals surface area contributed by atoms with Gasteiger partial charge in [-0.15, -0.1) is 11.8 Å². The van der Waals surface area contributed by atoms with Crippen LogP contribution in [0.25, 0.3) is 0 Å². The second-order valence-electron chi connectivity index (χ2n) is 5.27. The number of nitrogens with zero attached hydrogens (tertiary/aromatic N) is 1. The molecule has 8 heteroatoms. The number of rotatable bonds is 6. The van der Waals surface area contributed by atoms with Gasteiger partial charge in [0.05, 0.1) is 17.0 Å². The number of aromatic nitrogens is 1. The number of alkyl halides is 3. The van der Waals surface area contributed by atoms with Gasteiger partial charge in [0.1, 0.15) is 5.76 Å². The first-order chi connectivity index (χ1) is 11.3. The zero-order valence-corrected chi connectivity index (χ0v) is 14.1. The molecule has 4 nitrogen and oxygen atoms in total. The number of nitrogens with one attached hydrogen (secondary N) is 1. The molecule has 0 unspecified atom stereocenters. The van der Waals surface area contributed by atoms with Gasteiger partial charge in [-0.25, -0.2) is 0 Å². The fourth-order valence-corrected chi connectivity index (χ4v) is 3.07. The van der Waals surface area contributed by atoms with Crippen LogP contribution in [0.5, 0.6) is 0 Å². The van der Waals surface area contributed by atoms with Gasteiger partial charge >= 0.3 is 6.18 Å². The first kappa shape index (κ1) is 18.4. The van der Waals surface area contributed by atoms with Crippen LogP contribution in [0.2, 0.25) is 0 Å². The van der Waals surface area contributed by atoms with Crippen LogP contribution in [0.15, 0.2) is 28.8 Å². The van der Waals surface area contributed by atoms with E-state index in [9.17, 15) is 18.0 Å². The molecule has 0 saturated heterocycles. The molecule has 2 aromatic rings. The van der Waals surface area contributed by atoms with Crippen molar-refractivity contribution < 1.29 is 22.5 Å². The molecule has 0 aliphatic rings. The molecule has 24 heavy (non-hydrogen) atoms. The molecule has 0 saturated carbocycles. The Labute approximate surface area is 141 Å². The van der Waals surface area contributed by atoms with E-state index in [1.54, 1.807) is 6.07 Å². The minimum absolute atomic E-state index is 0.0641. The topological polar surface area (TPSA) is 55.1 Å². The van der Waals surface area contributed by atoms with E-state index in [2.05, 4.69) is 10.5 Å². The number of benzene rings is 1. The number of aryl methyl sites for hydroxylation is 2. The van der Waals surface area contributed by atoms with Crippen molar-refractivity contribution in [2.75, 3.05) is 5.75 Å². The SMILES string of the molecule is Cc1noc(C)c1CSCC(=O)NCc1cccc(C(F)(F)F)c1.